The molecule has 0 bridgehead atoms. The Balaban J connectivity index is 2.10. The number of nitrogens with zero attached hydrogens (tertiary/aromatic N) is 1. The highest BCUT2D eigenvalue weighted by Crippen LogP contribution is 2.19. The van der Waals surface area contributed by atoms with E-state index in [1.165, 1.54) is 0 Å². The molecule has 0 aliphatic carbocycles. The SMILES string of the molecule is CCOC(=O)c1cccc(NC(C)c2cccnc2)c1. The van der Waals surface area contributed by atoms with Crippen molar-refractivity contribution in [3.63, 3.8) is 0 Å². The molecule has 4 heteroatoms. The summed E-state index contributed by atoms with van der Waals surface area (Å²) in [6, 6.07) is 11.3. The maximum Gasteiger partial charge on any atom is 0.338 e. The van der Waals surface area contributed by atoms with E-state index in [-0.39, 0.29) is 12.0 Å². The molecule has 0 spiro atoms. The summed E-state index contributed by atoms with van der Waals surface area (Å²) in [5.74, 6) is -0.301. The minimum Gasteiger partial charge on any atom is -0.462 e. The van der Waals surface area contributed by atoms with Crippen LogP contribution in [0.15, 0.2) is 48.8 Å². The van der Waals surface area contributed by atoms with Gasteiger partial charge in [0.1, 0.15) is 0 Å². The molecule has 1 aromatic carbocycles. The molecule has 0 saturated heterocycles. The van der Waals surface area contributed by atoms with Crippen molar-refractivity contribution in [1.82, 2.24) is 4.98 Å². The van der Waals surface area contributed by atoms with Crippen LogP contribution in [0.3, 0.4) is 0 Å². The third-order valence-corrected chi connectivity index (χ3v) is 2.94. The van der Waals surface area contributed by atoms with Crippen LogP contribution in [-0.2, 0) is 4.74 Å². The van der Waals surface area contributed by atoms with Crippen LogP contribution < -0.4 is 5.32 Å². The van der Waals surface area contributed by atoms with E-state index < -0.39 is 0 Å². The van der Waals surface area contributed by atoms with E-state index in [4.69, 9.17) is 4.74 Å². The fourth-order valence-electron chi connectivity index (χ4n) is 1.92. The molecule has 0 saturated carbocycles. The molecule has 1 heterocycles. The van der Waals surface area contributed by atoms with Crippen molar-refractivity contribution < 1.29 is 9.53 Å². The van der Waals surface area contributed by atoms with E-state index in [2.05, 4.69) is 10.3 Å². The normalized spacial score (nSPS) is 11.7. The van der Waals surface area contributed by atoms with Crippen molar-refractivity contribution in [2.24, 2.45) is 0 Å². The first-order valence-electron chi connectivity index (χ1n) is 6.64. The van der Waals surface area contributed by atoms with Gasteiger partial charge in [0.2, 0.25) is 0 Å². The van der Waals surface area contributed by atoms with Gasteiger partial charge in [-0.15, -0.1) is 0 Å². The van der Waals surface area contributed by atoms with E-state index in [1.807, 2.05) is 37.4 Å². The third kappa shape index (κ3) is 3.57. The second-order valence-corrected chi connectivity index (χ2v) is 4.45. The first-order chi connectivity index (χ1) is 9.70. The number of rotatable bonds is 5. The van der Waals surface area contributed by atoms with Crippen molar-refractivity contribution in [1.29, 1.82) is 0 Å². The fourth-order valence-corrected chi connectivity index (χ4v) is 1.92. The number of aromatic nitrogens is 1. The summed E-state index contributed by atoms with van der Waals surface area (Å²) < 4.78 is 5.00. The van der Waals surface area contributed by atoms with Crippen molar-refractivity contribution in [3.8, 4) is 0 Å². The summed E-state index contributed by atoms with van der Waals surface area (Å²) in [5, 5.41) is 3.35. The largest absolute Gasteiger partial charge is 0.462 e. The molecule has 4 nitrogen and oxygen atoms in total. The lowest BCUT2D eigenvalue weighted by molar-refractivity contribution is 0.0526. The predicted molar refractivity (Wildman–Crippen MR) is 78.7 cm³/mol. The van der Waals surface area contributed by atoms with E-state index in [1.54, 1.807) is 25.3 Å². The van der Waals surface area contributed by atoms with Crippen LogP contribution in [0, 0.1) is 0 Å². The number of esters is 1. The van der Waals surface area contributed by atoms with Gasteiger partial charge >= 0.3 is 5.97 Å². The molecule has 1 unspecified atom stereocenters. The summed E-state index contributed by atoms with van der Waals surface area (Å²) in [6.45, 7) is 4.22. The number of carbonyl (C=O) groups is 1. The highest BCUT2D eigenvalue weighted by Gasteiger charge is 2.09. The first kappa shape index (κ1) is 14.1. The Morgan fingerprint density at radius 1 is 1.35 bits per heavy atom. The average molecular weight is 270 g/mol. The number of benzene rings is 1. The highest BCUT2D eigenvalue weighted by molar-refractivity contribution is 5.90. The van der Waals surface area contributed by atoms with E-state index >= 15 is 0 Å². The van der Waals surface area contributed by atoms with Gasteiger partial charge in [0, 0.05) is 18.1 Å². The summed E-state index contributed by atoms with van der Waals surface area (Å²) in [4.78, 5) is 15.8. The zero-order valence-corrected chi connectivity index (χ0v) is 11.7. The molecule has 0 aliphatic heterocycles. The number of hydrogen-bond donors (Lipinski definition) is 1. The van der Waals surface area contributed by atoms with E-state index in [0.717, 1.165) is 11.3 Å². The lowest BCUT2D eigenvalue weighted by Crippen LogP contribution is -2.09. The van der Waals surface area contributed by atoms with Gasteiger partial charge in [-0.2, -0.15) is 0 Å². The van der Waals surface area contributed by atoms with Gasteiger partial charge in [-0.25, -0.2) is 4.79 Å². The van der Waals surface area contributed by atoms with Crippen LogP contribution in [0.5, 0.6) is 0 Å². The van der Waals surface area contributed by atoms with E-state index in [0.29, 0.717) is 12.2 Å². The lowest BCUT2D eigenvalue weighted by Gasteiger charge is -2.15. The summed E-state index contributed by atoms with van der Waals surface area (Å²) >= 11 is 0. The van der Waals surface area contributed by atoms with Crippen molar-refractivity contribution >= 4 is 11.7 Å². The van der Waals surface area contributed by atoms with Crippen LogP contribution in [0.25, 0.3) is 0 Å². The first-order valence-corrected chi connectivity index (χ1v) is 6.64. The van der Waals surface area contributed by atoms with Gasteiger partial charge in [0.25, 0.3) is 0 Å². The van der Waals surface area contributed by atoms with Gasteiger partial charge in [0.05, 0.1) is 18.2 Å². The summed E-state index contributed by atoms with van der Waals surface area (Å²) in [7, 11) is 0. The molecule has 20 heavy (non-hydrogen) atoms. The summed E-state index contributed by atoms with van der Waals surface area (Å²) in [6.07, 6.45) is 3.57. The molecular weight excluding hydrogens is 252 g/mol. The molecule has 104 valence electrons. The van der Waals surface area contributed by atoms with Gasteiger partial charge in [-0.1, -0.05) is 12.1 Å². The van der Waals surface area contributed by atoms with Crippen molar-refractivity contribution in [2.75, 3.05) is 11.9 Å². The average Bonchev–Trinajstić information content (AvgIpc) is 2.48. The Morgan fingerprint density at radius 3 is 2.90 bits per heavy atom. The maximum absolute atomic E-state index is 11.7. The molecule has 0 aliphatic rings. The minimum atomic E-state index is -0.301. The Morgan fingerprint density at radius 2 is 2.20 bits per heavy atom. The number of nitrogens with one attached hydrogen (secondary N) is 1. The number of hydrogen-bond acceptors (Lipinski definition) is 4. The number of ether oxygens (including phenoxy) is 1. The molecule has 1 aromatic heterocycles. The van der Waals surface area contributed by atoms with Crippen LogP contribution in [0.1, 0.15) is 35.8 Å². The second-order valence-electron chi connectivity index (χ2n) is 4.45. The van der Waals surface area contributed by atoms with E-state index in [9.17, 15) is 4.79 Å². The lowest BCUT2D eigenvalue weighted by atomic mass is 10.1. The van der Waals surface area contributed by atoms with Crippen LogP contribution >= 0.6 is 0 Å². The molecule has 1 N–H and O–H groups in total. The van der Waals surface area contributed by atoms with Crippen molar-refractivity contribution in [3.05, 3.63) is 59.9 Å². The number of pyridine rings is 1. The summed E-state index contributed by atoms with van der Waals surface area (Å²) in [5.41, 5.74) is 2.52. The Kier molecular flexibility index (Phi) is 4.71. The topological polar surface area (TPSA) is 51.2 Å². The molecule has 0 fully saturated rings. The standard InChI is InChI=1S/C16H18N2O2/c1-3-20-16(19)13-6-4-8-15(10-13)18-12(2)14-7-5-9-17-11-14/h4-12,18H,3H2,1-2H3. The second kappa shape index (κ2) is 6.70. The predicted octanol–water partition coefficient (Wildman–Crippen LogP) is 3.43. The minimum absolute atomic E-state index is 0.112. The van der Waals surface area contributed by atoms with Crippen LogP contribution in [-0.4, -0.2) is 17.6 Å². The number of anilines is 1. The van der Waals surface area contributed by atoms with Gasteiger partial charge in [0.15, 0.2) is 0 Å². The zero-order valence-electron chi connectivity index (χ0n) is 11.7. The Labute approximate surface area is 118 Å². The monoisotopic (exact) mass is 270 g/mol. The molecule has 2 aromatic rings. The molecule has 2 rings (SSSR count). The smallest absolute Gasteiger partial charge is 0.338 e. The fraction of sp³-hybridized carbons (Fsp3) is 0.250. The van der Waals surface area contributed by atoms with Gasteiger partial charge in [-0.3, -0.25) is 4.98 Å². The third-order valence-electron chi connectivity index (χ3n) is 2.94. The zero-order chi connectivity index (χ0) is 14.4. The Hall–Kier alpha value is -2.36. The molecule has 0 radical (unpaired) electrons. The van der Waals surface area contributed by atoms with Crippen LogP contribution in [0.2, 0.25) is 0 Å². The quantitative estimate of drug-likeness (QED) is 0.846. The molecular formula is C16H18N2O2. The molecule has 1 atom stereocenters. The van der Waals surface area contributed by atoms with Gasteiger partial charge in [-0.05, 0) is 43.7 Å². The van der Waals surface area contributed by atoms with Crippen molar-refractivity contribution in [2.45, 2.75) is 19.9 Å². The number of carbonyl (C=O) groups excluding carboxylic acids is 1. The molecule has 0 amide bonds. The maximum atomic E-state index is 11.7. The highest BCUT2D eigenvalue weighted by atomic mass is 16.5. The van der Waals surface area contributed by atoms with Crippen LogP contribution in [0.4, 0.5) is 5.69 Å². The Bertz CT molecular complexity index is 570. The van der Waals surface area contributed by atoms with Gasteiger partial charge < -0.3 is 10.1 Å².